The third-order valence-electron chi connectivity index (χ3n) is 11.3. The number of hydrogen-bond donors (Lipinski definition) is 4. The van der Waals surface area contributed by atoms with Crippen molar-refractivity contribution < 1.29 is 33.5 Å². The lowest BCUT2D eigenvalue weighted by Crippen LogP contribution is -2.64. The van der Waals surface area contributed by atoms with Gasteiger partial charge in [-0.05, 0) is 74.0 Å². The lowest BCUT2D eigenvalue weighted by Gasteiger charge is -2.42. The summed E-state index contributed by atoms with van der Waals surface area (Å²) in [6, 6.07) is -3.84. The molecule has 5 amide bonds. The molecule has 3 unspecified atom stereocenters. The Morgan fingerprint density at radius 2 is 1.54 bits per heavy atom. The molecule has 0 bridgehead atoms. The minimum Gasteiger partial charge on any atom is -0.444 e. The molecule has 50 heavy (non-hydrogen) atoms. The van der Waals surface area contributed by atoms with E-state index >= 15 is 0 Å². The first-order chi connectivity index (χ1) is 23.1. The zero-order chi connectivity index (χ0) is 37.4. The van der Waals surface area contributed by atoms with Gasteiger partial charge < -0.3 is 30.9 Å². The Labute approximate surface area is 298 Å². The van der Waals surface area contributed by atoms with E-state index in [-0.39, 0.29) is 29.7 Å². The second-order valence-electron chi connectivity index (χ2n) is 18.1. The molecule has 0 aromatic rings. The average Bonchev–Trinajstić information content (AvgIpc) is 3.86. The summed E-state index contributed by atoms with van der Waals surface area (Å²) in [6.07, 6.45) is 7.33. The van der Waals surface area contributed by atoms with Crippen LogP contribution in [-0.4, -0.2) is 83.3 Å². The maximum atomic E-state index is 14.6. The van der Waals surface area contributed by atoms with E-state index in [1.807, 2.05) is 27.7 Å². The van der Waals surface area contributed by atoms with Gasteiger partial charge in [-0.1, -0.05) is 79.7 Å². The van der Waals surface area contributed by atoms with Gasteiger partial charge in [0.25, 0.3) is 5.91 Å². The molecule has 4 N–H and O–H groups in total. The van der Waals surface area contributed by atoms with Crippen LogP contribution in [0.15, 0.2) is 12.7 Å². The van der Waals surface area contributed by atoms with Crippen molar-refractivity contribution in [2.45, 2.75) is 143 Å². The number of amides is 5. The van der Waals surface area contributed by atoms with Crippen LogP contribution >= 0.6 is 0 Å². The lowest BCUT2D eigenvalue weighted by atomic mass is 9.70. The van der Waals surface area contributed by atoms with Gasteiger partial charge in [0, 0.05) is 13.1 Å². The quantitative estimate of drug-likeness (QED) is 0.167. The van der Waals surface area contributed by atoms with E-state index in [4.69, 9.17) is 4.74 Å². The van der Waals surface area contributed by atoms with Gasteiger partial charge in [-0.25, -0.2) is 4.79 Å². The fraction of sp³-hybridized carbons (Fsp3) is 0.789. The van der Waals surface area contributed by atoms with Gasteiger partial charge in [-0.3, -0.25) is 24.0 Å². The molecule has 0 spiro atoms. The monoisotopic (exact) mass is 699 g/mol. The van der Waals surface area contributed by atoms with Crippen molar-refractivity contribution in [3.05, 3.63) is 12.7 Å². The highest BCUT2D eigenvalue weighted by atomic mass is 16.6. The number of carbonyl (C=O) groups excluding carboxylic acids is 6. The molecule has 280 valence electrons. The van der Waals surface area contributed by atoms with Crippen LogP contribution in [-0.2, 0) is 28.7 Å². The maximum absolute atomic E-state index is 14.6. The minimum atomic E-state index is -1.02. The third-order valence-corrected chi connectivity index (χ3v) is 11.3. The van der Waals surface area contributed by atoms with Crippen molar-refractivity contribution in [3.8, 4) is 0 Å². The minimum absolute atomic E-state index is 0.0646. The van der Waals surface area contributed by atoms with E-state index < -0.39 is 76.1 Å². The van der Waals surface area contributed by atoms with Crippen molar-refractivity contribution in [2.75, 3.05) is 13.1 Å². The van der Waals surface area contributed by atoms with Gasteiger partial charge in [0.2, 0.25) is 23.5 Å². The number of carbonyl (C=O) groups is 6. The molecule has 6 atom stereocenters. The largest absolute Gasteiger partial charge is 0.444 e. The van der Waals surface area contributed by atoms with E-state index in [1.54, 1.807) is 25.7 Å². The molecule has 1 heterocycles. The van der Waals surface area contributed by atoms with Crippen molar-refractivity contribution in [1.82, 2.24) is 26.2 Å². The number of likely N-dealkylation sites (tertiary alicyclic amines) is 1. The van der Waals surface area contributed by atoms with E-state index in [0.29, 0.717) is 13.0 Å². The molecule has 4 aliphatic rings. The van der Waals surface area contributed by atoms with E-state index in [0.717, 1.165) is 44.9 Å². The Morgan fingerprint density at radius 3 is 2.08 bits per heavy atom. The first-order valence-electron chi connectivity index (χ1n) is 18.4. The number of nitrogens with zero attached hydrogens (tertiary/aromatic N) is 1. The number of rotatable bonds is 13. The lowest BCUT2D eigenvalue weighted by molar-refractivity contribution is -0.147. The number of piperidine rings is 1. The zero-order valence-electron chi connectivity index (χ0n) is 31.7. The Kier molecular flexibility index (Phi) is 11.5. The number of hydrogen-bond acceptors (Lipinski definition) is 7. The highest BCUT2D eigenvalue weighted by Gasteiger charge is 2.70. The Bertz CT molecular complexity index is 1350. The summed E-state index contributed by atoms with van der Waals surface area (Å²) in [6.45, 7) is 21.0. The Hall–Kier alpha value is -3.44. The first-order valence-corrected chi connectivity index (χ1v) is 18.4. The molecule has 3 aliphatic carbocycles. The number of fused-ring (bicyclic) bond motifs is 1. The Morgan fingerprint density at radius 1 is 0.920 bits per heavy atom. The molecule has 0 radical (unpaired) electrons. The van der Waals surface area contributed by atoms with Crippen molar-refractivity contribution in [3.63, 3.8) is 0 Å². The average molecular weight is 700 g/mol. The summed E-state index contributed by atoms with van der Waals surface area (Å²) in [5.41, 5.74) is -2.27. The smallest absolute Gasteiger partial charge is 0.408 e. The number of nitrogens with one attached hydrogen (secondary N) is 4. The number of alkyl carbamates (subject to hydrolysis) is 1. The van der Waals surface area contributed by atoms with Crippen LogP contribution in [0, 0.1) is 34.0 Å². The van der Waals surface area contributed by atoms with Crippen LogP contribution in [0.4, 0.5) is 4.79 Å². The van der Waals surface area contributed by atoms with Crippen molar-refractivity contribution >= 4 is 35.5 Å². The van der Waals surface area contributed by atoms with Crippen molar-refractivity contribution in [1.29, 1.82) is 0 Å². The molecule has 4 fully saturated rings. The highest BCUT2D eigenvalue weighted by molar-refractivity contribution is 6.38. The molecule has 3 saturated carbocycles. The predicted octanol–water partition coefficient (Wildman–Crippen LogP) is 4.02. The molecule has 4 rings (SSSR count). The summed E-state index contributed by atoms with van der Waals surface area (Å²) >= 11 is 0. The van der Waals surface area contributed by atoms with Gasteiger partial charge in [0.15, 0.2) is 0 Å². The van der Waals surface area contributed by atoms with E-state index in [2.05, 4.69) is 41.7 Å². The van der Waals surface area contributed by atoms with Crippen LogP contribution in [0.25, 0.3) is 0 Å². The van der Waals surface area contributed by atoms with Gasteiger partial charge in [-0.15, -0.1) is 6.58 Å². The summed E-state index contributed by atoms with van der Waals surface area (Å²) in [7, 11) is 0. The van der Waals surface area contributed by atoms with Crippen LogP contribution in [0.1, 0.15) is 114 Å². The normalized spacial score (nSPS) is 25.5. The van der Waals surface area contributed by atoms with Gasteiger partial charge in [0.05, 0.1) is 6.04 Å². The Balaban J connectivity index is 1.58. The number of ether oxygens (including phenoxy) is 1. The van der Waals surface area contributed by atoms with Gasteiger partial charge in [0.1, 0.15) is 23.7 Å². The second-order valence-corrected chi connectivity index (χ2v) is 18.1. The van der Waals surface area contributed by atoms with Gasteiger partial charge >= 0.3 is 6.09 Å². The fourth-order valence-electron chi connectivity index (χ4n) is 8.07. The molecule has 0 aromatic heterocycles. The fourth-order valence-corrected chi connectivity index (χ4v) is 8.07. The first kappa shape index (κ1) is 39.3. The zero-order valence-corrected chi connectivity index (χ0v) is 31.7. The van der Waals surface area contributed by atoms with E-state index in [1.165, 1.54) is 6.08 Å². The molecular weight excluding hydrogens is 638 g/mol. The van der Waals surface area contributed by atoms with E-state index in [9.17, 15) is 28.8 Å². The molecule has 12 nitrogen and oxygen atoms in total. The molecular formula is C38H61N5O7. The van der Waals surface area contributed by atoms with Crippen LogP contribution in [0.5, 0.6) is 0 Å². The van der Waals surface area contributed by atoms with Crippen LogP contribution in [0.2, 0.25) is 0 Å². The maximum Gasteiger partial charge on any atom is 0.408 e. The summed E-state index contributed by atoms with van der Waals surface area (Å²) in [5.74, 6) is -2.66. The third kappa shape index (κ3) is 9.07. The predicted molar refractivity (Wildman–Crippen MR) is 189 cm³/mol. The second kappa shape index (κ2) is 14.7. The van der Waals surface area contributed by atoms with Crippen molar-refractivity contribution in [2.24, 2.45) is 34.0 Å². The summed E-state index contributed by atoms with van der Waals surface area (Å²) in [4.78, 5) is 83.5. The summed E-state index contributed by atoms with van der Waals surface area (Å²) < 4.78 is 5.54. The van der Waals surface area contributed by atoms with Crippen LogP contribution < -0.4 is 21.3 Å². The summed E-state index contributed by atoms with van der Waals surface area (Å²) in [5, 5.41) is 11.2. The molecule has 12 heteroatoms. The molecule has 1 aliphatic heterocycles. The number of ketones is 1. The van der Waals surface area contributed by atoms with Crippen LogP contribution in [0.3, 0.4) is 0 Å². The molecule has 0 aromatic carbocycles. The topological polar surface area (TPSA) is 163 Å². The standard InChI is InChI=1S/C38H61N5O7/c1-11-19-39-31(46)27(44)24(20-22-15-16-22)40-30(45)26-25-23(37(25,8)9)21-43(26)33(48)29(35(2,3)4)41-32(47)28(38(10)17-13-12-14-18-38)42-34(49)50-36(5,6)7/h11,22-26,28-29H,1,12-21H2,2-10H3,(H,39,46)(H,40,45)(H,41,47)(H,42,49)/t23?,24?,25?,26-,28+,29+/m0/s1. The molecule has 1 saturated heterocycles. The SMILES string of the molecule is C=CCNC(=O)C(=O)C(CC1CC1)NC(=O)[C@@H]1C2C(CN1C(=O)[C@@H](NC(=O)[C@@H](NC(=O)OC(C)(C)C)C1(C)CCCCC1)C(C)(C)C)C2(C)C. The highest BCUT2D eigenvalue weighted by Crippen LogP contribution is 2.65. The van der Waals surface area contributed by atoms with Gasteiger partial charge in [-0.2, -0.15) is 0 Å². The number of Topliss-reactive ketones (excluding diaryl/α,β-unsaturated/α-hetero) is 1.